The van der Waals surface area contributed by atoms with Crippen molar-refractivity contribution in [2.75, 3.05) is 0 Å². The van der Waals surface area contributed by atoms with Gasteiger partial charge in [0.25, 0.3) is 0 Å². The molecule has 0 aliphatic carbocycles. The number of rotatable bonds is 4. The van der Waals surface area contributed by atoms with Crippen LogP contribution in [0.2, 0.25) is 0 Å². The van der Waals surface area contributed by atoms with Crippen LogP contribution < -0.4 is 10.5 Å². The van der Waals surface area contributed by atoms with Crippen molar-refractivity contribution >= 4 is 21.8 Å². The van der Waals surface area contributed by atoms with Crippen LogP contribution in [0.4, 0.5) is 0 Å². The highest BCUT2D eigenvalue weighted by Crippen LogP contribution is 2.22. The Hall–Kier alpha value is -2.02. The summed E-state index contributed by atoms with van der Waals surface area (Å²) in [5.74, 6) is 0.688. The Kier molecular flexibility index (Phi) is 4.29. The third-order valence-corrected chi connectivity index (χ3v) is 3.91. The standard InChI is InChI=1S/C13H15BrN4O2/c1-8-12(14)11(18(2)16-8)7-20-10-5-3-4-9(6-10)13(15)17-19/h3-6,19H,7H2,1-2H3,(H2,15,17). The molecule has 6 nitrogen and oxygen atoms in total. The lowest BCUT2D eigenvalue weighted by molar-refractivity contribution is 0.294. The van der Waals surface area contributed by atoms with Crippen molar-refractivity contribution in [3.63, 3.8) is 0 Å². The number of halogens is 1. The number of amidine groups is 1. The van der Waals surface area contributed by atoms with Crippen molar-refractivity contribution in [1.82, 2.24) is 9.78 Å². The largest absolute Gasteiger partial charge is 0.487 e. The Labute approximate surface area is 125 Å². The van der Waals surface area contributed by atoms with Gasteiger partial charge in [0.1, 0.15) is 12.4 Å². The van der Waals surface area contributed by atoms with Crippen LogP contribution in [0.1, 0.15) is 17.0 Å². The molecule has 1 aromatic carbocycles. The zero-order chi connectivity index (χ0) is 14.7. The van der Waals surface area contributed by atoms with E-state index in [2.05, 4.69) is 26.2 Å². The molecule has 0 atom stereocenters. The molecule has 0 spiro atoms. The first-order chi connectivity index (χ1) is 9.52. The van der Waals surface area contributed by atoms with Crippen LogP contribution in [0.3, 0.4) is 0 Å². The summed E-state index contributed by atoms with van der Waals surface area (Å²) in [6.07, 6.45) is 0. The van der Waals surface area contributed by atoms with Crippen LogP contribution in [0.5, 0.6) is 5.75 Å². The van der Waals surface area contributed by atoms with Crippen LogP contribution >= 0.6 is 15.9 Å². The molecule has 0 saturated carbocycles. The summed E-state index contributed by atoms with van der Waals surface area (Å²) in [6.45, 7) is 2.30. The molecule has 0 bridgehead atoms. The van der Waals surface area contributed by atoms with Gasteiger partial charge in [0, 0.05) is 12.6 Å². The van der Waals surface area contributed by atoms with Crippen molar-refractivity contribution in [2.45, 2.75) is 13.5 Å². The molecule has 0 saturated heterocycles. The maximum absolute atomic E-state index is 8.67. The van der Waals surface area contributed by atoms with E-state index in [4.69, 9.17) is 15.7 Å². The quantitative estimate of drug-likeness (QED) is 0.387. The predicted octanol–water partition coefficient (Wildman–Crippen LogP) is 2.16. The SMILES string of the molecule is Cc1nn(C)c(COc2cccc(C(N)=NO)c2)c1Br. The van der Waals surface area contributed by atoms with Gasteiger partial charge in [0.05, 0.1) is 15.9 Å². The minimum absolute atomic E-state index is 0.0491. The van der Waals surface area contributed by atoms with Gasteiger partial charge < -0.3 is 15.7 Å². The fourth-order valence-corrected chi connectivity index (χ4v) is 2.24. The summed E-state index contributed by atoms with van der Waals surface area (Å²) in [5.41, 5.74) is 8.00. The van der Waals surface area contributed by atoms with Gasteiger partial charge in [-0.1, -0.05) is 17.3 Å². The van der Waals surface area contributed by atoms with E-state index in [0.717, 1.165) is 15.9 Å². The second-order valence-corrected chi connectivity index (χ2v) is 5.06. The summed E-state index contributed by atoms with van der Waals surface area (Å²) in [5, 5.41) is 15.9. The van der Waals surface area contributed by atoms with Gasteiger partial charge in [-0.2, -0.15) is 5.10 Å². The molecule has 106 valence electrons. The lowest BCUT2D eigenvalue weighted by Crippen LogP contribution is -2.13. The number of hydrogen-bond acceptors (Lipinski definition) is 4. The van der Waals surface area contributed by atoms with Gasteiger partial charge >= 0.3 is 0 Å². The summed E-state index contributed by atoms with van der Waals surface area (Å²) < 4.78 is 8.43. The molecule has 20 heavy (non-hydrogen) atoms. The van der Waals surface area contributed by atoms with Gasteiger partial charge in [-0.25, -0.2) is 0 Å². The molecule has 0 amide bonds. The number of hydrogen-bond donors (Lipinski definition) is 2. The molecule has 0 unspecified atom stereocenters. The molecular formula is C13H15BrN4O2. The average molecular weight is 339 g/mol. The number of oxime groups is 1. The molecule has 0 aliphatic rings. The molecule has 0 fully saturated rings. The highest BCUT2D eigenvalue weighted by Gasteiger charge is 2.11. The van der Waals surface area contributed by atoms with Crippen molar-refractivity contribution in [3.05, 3.63) is 45.7 Å². The lowest BCUT2D eigenvalue weighted by Gasteiger charge is -2.08. The maximum Gasteiger partial charge on any atom is 0.170 e. The first-order valence-corrected chi connectivity index (χ1v) is 6.71. The highest BCUT2D eigenvalue weighted by atomic mass is 79.9. The van der Waals surface area contributed by atoms with E-state index >= 15 is 0 Å². The Morgan fingerprint density at radius 2 is 2.30 bits per heavy atom. The van der Waals surface area contributed by atoms with E-state index in [9.17, 15) is 0 Å². The van der Waals surface area contributed by atoms with Gasteiger partial charge in [-0.15, -0.1) is 0 Å². The van der Waals surface area contributed by atoms with Gasteiger partial charge in [-0.3, -0.25) is 4.68 Å². The number of nitrogens with zero attached hydrogens (tertiary/aromatic N) is 3. The van der Waals surface area contributed by atoms with Crippen molar-refractivity contribution in [2.24, 2.45) is 17.9 Å². The Bertz CT molecular complexity index is 652. The Morgan fingerprint density at radius 3 is 2.90 bits per heavy atom. The van der Waals surface area contributed by atoms with E-state index in [0.29, 0.717) is 17.9 Å². The van der Waals surface area contributed by atoms with E-state index in [1.165, 1.54) is 0 Å². The Balaban J connectivity index is 2.15. The smallest absolute Gasteiger partial charge is 0.170 e. The number of ether oxygens (including phenoxy) is 1. The minimum atomic E-state index is 0.0491. The van der Waals surface area contributed by atoms with Crippen molar-refractivity contribution in [1.29, 1.82) is 0 Å². The lowest BCUT2D eigenvalue weighted by atomic mass is 10.2. The van der Waals surface area contributed by atoms with Gasteiger partial charge in [-0.05, 0) is 35.0 Å². The predicted molar refractivity (Wildman–Crippen MR) is 78.9 cm³/mol. The highest BCUT2D eigenvalue weighted by molar-refractivity contribution is 9.10. The number of nitrogens with two attached hydrogens (primary N) is 1. The van der Waals surface area contributed by atoms with Gasteiger partial charge in [0.2, 0.25) is 0 Å². The van der Waals surface area contributed by atoms with E-state index < -0.39 is 0 Å². The third kappa shape index (κ3) is 2.93. The van der Waals surface area contributed by atoms with E-state index in [-0.39, 0.29) is 5.84 Å². The topological polar surface area (TPSA) is 85.7 Å². The van der Waals surface area contributed by atoms with Crippen molar-refractivity contribution < 1.29 is 9.94 Å². The second kappa shape index (κ2) is 5.96. The Morgan fingerprint density at radius 1 is 1.55 bits per heavy atom. The minimum Gasteiger partial charge on any atom is -0.487 e. The van der Waals surface area contributed by atoms with E-state index in [1.807, 2.05) is 20.0 Å². The molecule has 0 radical (unpaired) electrons. The second-order valence-electron chi connectivity index (χ2n) is 4.27. The molecule has 1 aromatic heterocycles. The zero-order valence-corrected chi connectivity index (χ0v) is 12.8. The first-order valence-electron chi connectivity index (χ1n) is 5.91. The normalized spacial score (nSPS) is 11.7. The number of aromatic nitrogens is 2. The molecule has 7 heteroatoms. The third-order valence-electron chi connectivity index (χ3n) is 2.87. The summed E-state index contributed by atoms with van der Waals surface area (Å²) in [4.78, 5) is 0. The summed E-state index contributed by atoms with van der Waals surface area (Å²) >= 11 is 3.49. The van der Waals surface area contributed by atoms with Crippen LogP contribution in [0.15, 0.2) is 33.9 Å². The fourth-order valence-electron chi connectivity index (χ4n) is 1.79. The van der Waals surface area contributed by atoms with Crippen LogP contribution in [0, 0.1) is 6.92 Å². The molecule has 2 aromatic rings. The molecule has 1 heterocycles. The maximum atomic E-state index is 8.67. The van der Waals surface area contributed by atoms with Crippen LogP contribution in [-0.2, 0) is 13.7 Å². The number of aryl methyl sites for hydroxylation is 2. The van der Waals surface area contributed by atoms with Crippen molar-refractivity contribution in [3.8, 4) is 5.75 Å². The molecule has 3 N–H and O–H groups in total. The van der Waals surface area contributed by atoms with E-state index in [1.54, 1.807) is 22.9 Å². The van der Waals surface area contributed by atoms with Crippen LogP contribution in [0.25, 0.3) is 0 Å². The molecule has 0 aliphatic heterocycles. The summed E-state index contributed by atoms with van der Waals surface area (Å²) in [7, 11) is 1.86. The van der Waals surface area contributed by atoms with Crippen LogP contribution in [-0.4, -0.2) is 20.8 Å². The number of benzene rings is 1. The van der Waals surface area contributed by atoms with Gasteiger partial charge in [0.15, 0.2) is 5.84 Å². The fraction of sp³-hybridized carbons (Fsp3) is 0.231. The summed E-state index contributed by atoms with van der Waals surface area (Å²) in [6, 6.07) is 7.05. The molecule has 2 rings (SSSR count). The first kappa shape index (κ1) is 14.4. The average Bonchev–Trinajstić information content (AvgIpc) is 2.69. The monoisotopic (exact) mass is 338 g/mol. The molecular weight excluding hydrogens is 324 g/mol. The zero-order valence-electron chi connectivity index (χ0n) is 11.2.